The number of morpholine rings is 1. The molecule has 23 heavy (non-hydrogen) atoms. The van der Waals surface area contributed by atoms with Gasteiger partial charge in [0.25, 0.3) is 5.91 Å². The molecule has 0 aliphatic carbocycles. The van der Waals surface area contributed by atoms with E-state index in [9.17, 15) is 13.6 Å². The van der Waals surface area contributed by atoms with Crippen LogP contribution < -0.4 is 4.74 Å². The molecule has 3 rings (SSSR count). The normalized spacial score (nSPS) is 24.9. The van der Waals surface area contributed by atoms with Crippen LogP contribution >= 0.6 is 0 Å². The van der Waals surface area contributed by atoms with Gasteiger partial charge in [-0.3, -0.25) is 4.79 Å². The zero-order valence-corrected chi connectivity index (χ0v) is 12.5. The molecule has 2 aliphatic heterocycles. The number of amides is 1. The van der Waals surface area contributed by atoms with E-state index in [4.69, 9.17) is 9.47 Å². The molecular formula is C15H18F2N2O4. The van der Waals surface area contributed by atoms with Gasteiger partial charge in [-0.05, 0) is 18.9 Å². The molecule has 1 amide bonds. The highest BCUT2D eigenvalue weighted by molar-refractivity contribution is 5.94. The minimum Gasteiger partial charge on any atom is -0.417 e. The molecule has 1 aromatic rings. The average molecular weight is 328 g/mol. The third-order valence-corrected chi connectivity index (χ3v) is 4.01. The molecule has 8 heteroatoms. The first kappa shape index (κ1) is 16.1. The molecular weight excluding hydrogens is 310 g/mol. The van der Waals surface area contributed by atoms with E-state index >= 15 is 0 Å². The van der Waals surface area contributed by atoms with Gasteiger partial charge in [0.2, 0.25) is 5.88 Å². The first-order valence-electron chi connectivity index (χ1n) is 7.50. The SMILES string of the molecule is O=C(c1ccc(OC(F)F)nc1)N1CCOC2(CCCOC2)C1. The second-order valence-electron chi connectivity index (χ2n) is 5.68. The summed E-state index contributed by atoms with van der Waals surface area (Å²) in [7, 11) is 0. The van der Waals surface area contributed by atoms with E-state index in [1.165, 1.54) is 18.3 Å². The topological polar surface area (TPSA) is 60.9 Å². The molecule has 0 radical (unpaired) electrons. The van der Waals surface area contributed by atoms with Crippen molar-refractivity contribution in [2.24, 2.45) is 0 Å². The van der Waals surface area contributed by atoms with Gasteiger partial charge < -0.3 is 19.1 Å². The van der Waals surface area contributed by atoms with Crippen LogP contribution in [0, 0.1) is 0 Å². The van der Waals surface area contributed by atoms with Crippen molar-refractivity contribution in [3.63, 3.8) is 0 Å². The number of ether oxygens (including phenoxy) is 3. The molecule has 0 saturated carbocycles. The van der Waals surface area contributed by atoms with Crippen LogP contribution in [0.1, 0.15) is 23.2 Å². The molecule has 1 unspecified atom stereocenters. The lowest BCUT2D eigenvalue weighted by Crippen LogP contribution is -2.57. The predicted molar refractivity (Wildman–Crippen MR) is 75.5 cm³/mol. The number of rotatable bonds is 3. The Morgan fingerprint density at radius 1 is 1.39 bits per heavy atom. The summed E-state index contributed by atoms with van der Waals surface area (Å²) < 4.78 is 39.7. The fourth-order valence-electron chi connectivity index (χ4n) is 2.93. The summed E-state index contributed by atoms with van der Waals surface area (Å²) in [6.07, 6.45) is 3.01. The molecule has 2 saturated heterocycles. The number of hydrogen-bond donors (Lipinski definition) is 0. The van der Waals surface area contributed by atoms with Gasteiger partial charge in [-0.15, -0.1) is 0 Å². The van der Waals surface area contributed by atoms with Crippen molar-refractivity contribution < 1.29 is 27.8 Å². The fraction of sp³-hybridized carbons (Fsp3) is 0.600. The van der Waals surface area contributed by atoms with Crippen LogP contribution in [0.5, 0.6) is 5.88 Å². The third kappa shape index (κ3) is 3.76. The third-order valence-electron chi connectivity index (χ3n) is 4.01. The summed E-state index contributed by atoms with van der Waals surface area (Å²) in [5.41, 5.74) is -0.0985. The summed E-state index contributed by atoms with van der Waals surface area (Å²) in [6, 6.07) is 2.70. The first-order chi connectivity index (χ1) is 11.1. The number of aromatic nitrogens is 1. The quantitative estimate of drug-likeness (QED) is 0.845. The summed E-state index contributed by atoms with van der Waals surface area (Å²) in [6.45, 7) is -0.342. The molecule has 1 spiro atoms. The number of nitrogens with zero attached hydrogens (tertiary/aromatic N) is 2. The Balaban J connectivity index is 1.67. The molecule has 126 valence electrons. The van der Waals surface area contributed by atoms with Crippen molar-refractivity contribution in [1.82, 2.24) is 9.88 Å². The van der Waals surface area contributed by atoms with E-state index in [0.717, 1.165) is 12.8 Å². The van der Waals surface area contributed by atoms with Crippen LogP contribution in [0.15, 0.2) is 18.3 Å². The maximum absolute atomic E-state index is 12.6. The molecule has 2 aliphatic rings. The van der Waals surface area contributed by atoms with Gasteiger partial charge in [0.05, 0.1) is 25.3 Å². The highest BCUT2D eigenvalue weighted by Crippen LogP contribution is 2.28. The smallest absolute Gasteiger partial charge is 0.388 e. The Kier molecular flexibility index (Phi) is 4.72. The van der Waals surface area contributed by atoms with E-state index in [0.29, 0.717) is 38.5 Å². The monoisotopic (exact) mass is 328 g/mol. The Labute approximate surface area is 132 Å². The summed E-state index contributed by atoms with van der Waals surface area (Å²) in [5.74, 6) is -0.412. The van der Waals surface area contributed by atoms with Crippen LogP contribution in [0.4, 0.5) is 8.78 Å². The number of carbonyl (C=O) groups is 1. The zero-order chi connectivity index (χ0) is 16.3. The predicted octanol–water partition coefficient (Wildman–Crippen LogP) is 1.70. The fourth-order valence-corrected chi connectivity index (χ4v) is 2.93. The van der Waals surface area contributed by atoms with Gasteiger partial charge in [0.15, 0.2) is 0 Å². The summed E-state index contributed by atoms with van der Waals surface area (Å²) in [5, 5.41) is 0. The van der Waals surface area contributed by atoms with E-state index < -0.39 is 12.2 Å². The van der Waals surface area contributed by atoms with Crippen molar-refractivity contribution in [2.75, 3.05) is 32.9 Å². The van der Waals surface area contributed by atoms with Crippen LogP contribution in [0.3, 0.4) is 0 Å². The highest BCUT2D eigenvalue weighted by Gasteiger charge is 2.40. The van der Waals surface area contributed by atoms with Crippen molar-refractivity contribution in [1.29, 1.82) is 0 Å². The van der Waals surface area contributed by atoms with Crippen molar-refractivity contribution in [2.45, 2.75) is 25.1 Å². The highest BCUT2D eigenvalue weighted by atomic mass is 19.3. The van der Waals surface area contributed by atoms with Gasteiger partial charge in [-0.2, -0.15) is 8.78 Å². The number of halogens is 2. The zero-order valence-electron chi connectivity index (χ0n) is 12.5. The van der Waals surface area contributed by atoms with Gasteiger partial charge in [-0.1, -0.05) is 0 Å². The van der Waals surface area contributed by atoms with Crippen LogP contribution in [0.2, 0.25) is 0 Å². The second kappa shape index (κ2) is 6.76. The Hall–Kier alpha value is -1.80. The summed E-state index contributed by atoms with van der Waals surface area (Å²) >= 11 is 0. The van der Waals surface area contributed by atoms with Gasteiger partial charge in [0, 0.05) is 25.4 Å². The van der Waals surface area contributed by atoms with Crippen LogP contribution in [-0.4, -0.2) is 60.9 Å². The Morgan fingerprint density at radius 3 is 2.91 bits per heavy atom. The molecule has 0 aromatic carbocycles. The minimum atomic E-state index is -2.94. The first-order valence-corrected chi connectivity index (χ1v) is 7.50. The largest absolute Gasteiger partial charge is 0.417 e. The van der Waals surface area contributed by atoms with Gasteiger partial charge in [-0.25, -0.2) is 4.98 Å². The van der Waals surface area contributed by atoms with Crippen molar-refractivity contribution in [3.05, 3.63) is 23.9 Å². The van der Waals surface area contributed by atoms with E-state index in [1.807, 2.05) is 0 Å². The van der Waals surface area contributed by atoms with E-state index in [1.54, 1.807) is 4.90 Å². The molecule has 1 aromatic heterocycles. The number of hydrogen-bond acceptors (Lipinski definition) is 5. The Bertz CT molecular complexity index is 541. The molecule has 6 nitrogen and oxygen atoms in total. The number of alkyl halides is 2. The lowest BCUT2D eigenvalue weighted by Gasteiger charge is -2.44. The van der Waals surface area contributed by atoms with Crippen LogP contribution in [-0.2, 0) is 9.47 Å². The van der Waals surface area contributed by atoms with Gasteiger partial charge in [0.1, 0.15) is 5.60 Å². The average Bonchev–Trinajstić information content (AvgIpc) is 2.55. The molecule has 0 N–H and O–H groups in total. The number of carbonyl (C=O) groups excluding carboxylic acids is 1. The standard InChI is InChI=1S/C15H18F2N2O4/c16-14(17)23-12-3-2-11(8-18-12)13(20)19-5-7-22-15(9-19)4-1-6-21-10-15/h2-3,8,14H,1,4-7,9-10H2. The lowest BCUT2D eigenvalue weighted by molar-refractivity contribution is -0.160. The second-order valence-corrected chi connectivity index (χ2v) is 5.68. The lowest BCUT2D eigenvalue weighted by atomic mass is 9.94. The van der Waals surface area contributed by atoms with Crippen molar-refractivity contribution in [3.8, 4) is 5.88 Å². The summed E-state index contributed by atoms with van der Waals surface area (Å²) in [4.78, 5) is 18.0. The van der Waals surface area contributed by atoms with E-state index in [2.05, 4.69) is 9.72 Å². The van der Waals surface area contributed by atoms with Crippen LogP contribution in [0.25, 0.3) is 0 Å². The molecule has 3 heterocycles. The van der Waals surface area contributed by atoms with Crippen molar-refractivity contribution >= 4 is 5.91 Å². The Morgan fingerprint density at radius 2 is 2.26 bits per heavy atom. The molecule has 1 atom stereocenters. The number of pyridine rings is 1. The maximum atomic E-state index is 12.6. The van der Waals surface area contributed by atoms with Gasteiger partial charge >= 0.3 is 6.61 Å². The molecule has 2 fully saturated rings. The van der Waals surface area contributed by atoms with E-state index in [-0.39, 0.29) is 11.8 Å². The molecule has 0 bridgehead atoms. The maximum Gasteiger partial charge on any atom is 0.388 e. The minimum absolute atomic E-state index is 0.200.